The van der Waals surface area contributed by atoms with Gasteiger partial charge in [0.2, 0.25) is 0 Å². The highest BCUT2D eigenvalue weighted by Crippen LogP contribution is 2.10. The molecule has 0 aliphatic carbocycles. The number of piperidine rings is 1. The number of hydrogen-bond acceptors (Lipinski definition) is 3. The molecule has 5 nitrogen and oxygen atoms in total. The Bertz CT molecular complexity index is 498. The summed E-state index contributed by atoms with van der Waals surface area (Å²) in [6.07, 6.45) is 5.61. The second-order valence-electron chi connectivity index (χ2n) is 6.96. The zero-order chi connectivity index (χ0) is 18.5. The molecule has 1 aliphatic rings. The molecule has 1 aromatic rings. The maximum atomic E-state index is 5.73. The quantitative estimate of drug-likeness (QED) is 0.383. The topological polar surface area (TPSA) is 48.9 Å². The van der Waals surface area contributed by atoms with Crippen LogP contribution in [0.4, 0.5) is 0 Å². The minimum Gasteiger partial charge on any atom is -0.381 e. The molecule has 26 heavy (non-hydrogen) atoms. The van der Waals surface area contributed by atoms with Crippen LogP contribution >= 0.6 is 0 Å². The standard InChI is InChI=1S/C21H36N4O/c1-3-14-25-15-10-20(11-16-25)24-21(22-2)23-13-7-17-26-18-12-19-8-5-4-6-9-19/h4-6,8-9,20H,3,7,10-18H2,1-2H3,(H2,22,23,24). The predicted molar refractivity (Wildman–Crippen MR) is 110 cm³/mol. The van der Waals surface area contributed by atoms with Gasteiger partial charge in [-0.15, -0.1) is 0 Å². The van der Waals surface area contributed by atoms with Gasteiger partial charge in [-0.25, -0.2) is 0 Å². The highest BCUT2D eigenvalue weighted by atomic mass is 16.5. The molecule has 0 unspecified atom stereocenters. The van der Waals surface area contributed by atoms with Crippen LogP contribution < -0.4 is 10.6 Å². The monoisotopic (exact) mass is 360 g/mol. The summed E-state index contributed by atoms with van der Waals surface area (Å²) in [6.45, 7) is 8.32. The predicted octanol–water partition coefficient (Wildman–Crippen LogP) is 2.68. The Morgan fingerprint density at radius 2 is 1.96 bits per heavy atom. The van der Waals surface area contributed by atoms with Crippen LogP contribution in [0.5, 0.6) is 0 Å². The molecular formula is C21H36N4O. The third kappa shape index (κ3) is 8.19. The van der Waals surface area contributed by atoms with Gasteiger partial charge >= 0.3 is 0 Å². The van der Waals surface area contributed by atoms with Crippen molar-refractivity contribution in [1.29, 1.82) is 0 Å². The van der Waals surface area contributed by atoms with E-state index in [0.717, 1.165) is 38.6 Å². The van der Waals surface area contributed by atoms with E-state index in [-0.39, 0.29) is 0 Å². The Morgan fingerprint density at radius 1 is 1.19 bits per heavy atom. The van der Waals surface area contributed by atoms with Crippen LogP contribution in [-0.4, -0.2) is 63.3 Å². The lowest BCUT2D eigenvalue weighted by Gasteiger charge is -2.32. The van der Waals surface area contributed by atoms with Crippen LogP contribution in [0.3, 0.4) is 0 Å². The van der Waals surface area contributed by atoms with Gasteiger partial charge in [-0.05, 0) is 44.2 Å². The maximum Gasteiger partial charge on any atom is 0.191 e. The number of ether oxygens (including phenoxy) is 1. The maximum absolute atomic E-state index is 5.73. The second-order valence-corrected chi connectivity index (χ2v) is 6.96. The van der Waals surface area contributed by atoms with Crippen molar-refractivity contribution in [2.75, 3.05) is 46.4 Å². The van der Waals surface area contributed by atoms with E-state index in [1.165, 1.54) is 44.5 Å². The molecule has 0 saturated carbocycles. The van der Waals surface area contributed by atoms with Crippen molar-refractivity contribution in [3.05, 3.63) is 35.9 Å². The van der Waals surface area contributed by atoms with E-state index in [4.69, 9.17) is 4.74 Å². The number of guanidine groups is 1. The van der Waals surface area contributed by atoms with Crippen molar-refractivity contribution < 1.29 is 4.74 Å². The van der Waals surface area contributed by atoms with Crippen molar-refractivity contribution in [3.63, 3.8) is 0 Å². The molecule has 1 aromatic carbocycles. The highest BCUT2D eigenvalue weighted by molar-refractivity contribution is 5.79. The number of rotatable bonds is 10. The van der Waals surface area contributed by atoms with Crippen molar-refractivity contribution in [1.82, 2.24) is 15.5 Å². The summed E-state index contributed by atoms with van der Waals surface area (Å²) in [4.78, 5) is 6.91. The smallest absolute Gasteiger partial charge is 0.191 e. The summed E-state index contributed by atoms with van der Waals surface area (Å²) in [7, 11) is 1.85. The molecule has 1 fully saturated rings. The number of nitrogens with zero attached hydrogens (tertiary/aromatic N) is 2. The average Bonchev–Trinajstić information content (AvgIpc) is 2.68. The summed E-state index contributed by atoms with van der Waals surface area (Å²) in [5.74, 6) is 0.920. The zero-order valence-corrected chi connectivity index (χ0v) is 16.5. The molecule has 146 valence electrons. The fourth-order valence-electron chi connectivity index (χ4n) is 3.32. The van der Waals surface area contributed by atoms with Crippen LogP contribution in [0.25, 0.3) is 0 Å². The molecule has 5 heteroatoms. The number of benzene rings is 1. The summed E-state index contributed by atoms with van der Waals surface area (Å²) in [5, 5.41) is 6.97. The Morgan fingerprint density at radius 3 is 2.65 bits per heavy atom. The summed E-state index contributed by atoms with van der Waals surface area (Å²) in [6, 6.07) is 11.0. The van der Waals surface area contributed by atoms with Crippen LogP contribution in [0.2, 0.25) is 0 Å². The first-order valence-corrected chi connectivity index (χ1v) is 10.1. The molecule has 0 bridgehead atoms. The first kappa shape index (κ1) is 20.7. The molecule has 0 radical (unpaired) electrons. The summed E-state index contributed by atoms with van der Waals surface area (Å²) < 4.78 is 5.73. The van der Waals surface area contributed by atoms with E-state index in [2.05, 4.69) is 51.7 Å². The molecule has 0 atom stereocenters. The van der Waals surface area contributed by atoms with E-state index in [1.807, 2.05) is 13.1 Å². The molecule has 0 spiro atoms. The number of nitrogens with one attached hydrogen (secondary N) is 2. The Balaban J connectivity index is 1.50. The van der Waals surface area contributed by atoms with E-state index in [1.54, 1.807) is 0 Å². The third-order valence-electron chi connectivity index (χ3n) is 4.83. The van der Waals surface area contributed by atoms with Gasteiger partial charge in [0.25, 0.3) is 0 Å². The minimum atomic E-state index is 0.538. The summed E-state index contributed by atoms with van der Waals surface area (Å²) >= 11 is 0. The van der Waals surface area contributed by atoms with Crippen LogP contribution in [0.1, 0.15) is 38.2 Å². The largest absolute Gasteiger partial charge is 0.381 e. The van der Waals surface area contributed by atoms with Gasteiger partial charge in [-0.3, -0.25) is 4.99 Å². The molecule has 2 rings (SSSR count). The van der Waals surface area contributed by atoms with Crippen molar-refractivity contribution in [2.45, 2.75) is 45.1 Å². The van der Waals surface area contributed by atoms with Gasteiger partial charge in [0.15, 0.2) is 5.96 Å². The van der Waals surface area contributed by atoms with Crippen molar-refractivity contribution in [2.24, 2.45) is 4.99 Å². The first-order chi connectivity index (χ1) is 12.8. The number of aliphatic imine (C=N–C) groups is 1. The van der Waals surface area contributed by atoms with Crippen LogP contribution in [0.15, 0.2) is 35.3 Å². The second kappa shape index (κ2) is 12.7. The van der Waals surface area contributed by atoms with Gasteiger partial charge in [0.05, 0.1) is 6.61 Å². The van der Waals surface area contributed by atoms with Crippen molar-refractivity contribution in [3.8, 4) is 0 Å². The van der Waals surface area contributed by atoms with Gasteiger partial charge < -0.3 is 20.3 Å². The minimum absolute atomic E-state index is 0.538. The Kier molecular flexibility index (Phi) is 10.1. The van der Waals surface area contributed by atoms with Crippen LogP contribution in [-0.2, 0) is 11.2 Å². The Hall–Kier alpha value is -1.59. The lowest BCUT2D eigenvalue weighted by atomic mass is 10.1. The molecular weight excluding hydrogens is 324 g/mol. The van der Waals surface area contributed by atoms with Gasteiger partial charge in [0, 0.05) is 39.3 Å². The molecule has 1 heterocycles. The first-order valence-electron chi connectivity index (χ1n) is 10.1. The van der Waals surface area contributed by atoms with E-state index < -0.39 is 0 Å². The fourth-order valence-corrected chi connectivity index (χ4v) is 3.32. The van der Waals surface area contributed by atoms with E-state index in [0.29, 0.717) is 6.04 Å². The molecule has 0 aromatic heterocycles. The molecule has 0 amide bonds. The summed E-state index contributed by atoms with van der Waals surface area (Å²) in [5.41, 5.74) is 1.33. The van der Waals surface area contributed by atoms with Crippen molar-refractivity contribution >= 4 is 5.96 Å². The highest BCUT2D eigenvalue weighted by Gasteiger charge is 2.19. The lowest BCUT2D eigenvalue weighted by Crippen LogP contribution is -2.49. The normalized spacial score (nSPS) is 16.6. The SMILES string of the molecule is CCCN1CCC(NC(=NC)NCCCOCCc2ccccc2)CC1. The number of likely N-dealkylation sites (tertiary alicyclic amines) is 1. The van der Waals surface area contributed by atoms with E-state index >= 15 is 0 Å². The molecule has 1 aliphatic heterocycles. The van der Waals surface area contributed by atoms with Gasteiger partial charge in [0.1, 0.15) is 0 Å². The lowest BCUT2D eigenvalue weighted by molar-refractivity contribution is 0.135. The van der Waals surface area contributed by atoms with Crippen LogP contribution in [0, 0.1) is 0 Å². The zero-order valence-electron chi connectivity index (χ0n) is 16.5. The third-order valence-corrected chi connectivity index (χ3v) is 4.83. The van der Waals surface area contributed by atoms with Gasteiger partial charge in [-0.1, -0.05) is 37.3 Å². The van der Waals surface area contributed by atoms with Gasteiger partial charge in [-0.2, -0.15) is 0 Å². The fraction of sp³-hybridized carbons (Fsp3) is 0.667. The molecule has 2 N–H and O–H groups in total. The average molecular weight is 361 g/mol. The molecule has 1 saturated heterocycles. The van der Waals surface area contributed by atoms with E-state index in [9.17, 15) is 0 Å². The Labute approximate surface area is 159 Å². The number of hydrogen-bond donors (Lipinski definition) is 2.